The first-order chi connectivity index (χ1) is 13.6. The number of ether oxygens (including phenoxy) is 1. The van der Waals surface area contributed by atoms with Gasteiger partial charge < -0.3 is 10.1 Å². The summed E-state index contributed by atoms with van der Waals surface area (Å²) in [5, 5.41) is 11.7. The average Bonchev–Trinajstić information content (AvgIpc) is 2.73. The number of rotatable bonds is 6. The second-order valence-corrected chi connectivity index (χ2v) is 6.18. The molecular formula is C23H19N3O2. The van der Waals surface area contributed by atoms with Crippen molar-refractivity contribution in [2.75, 3.05) is 5.32 Å². The Kier molecular flexibility index (Phi) is 6.17. The van der Waals surface area contributed by atoms with Gasteiger partial charge in [0, 0.05) is 24.2 Å². The summed E-state index contributed by atoms with van der Waals surface area (Å²) in [4.78, 5) is 16.1. The van der Waals surface area contributed by atoms with Crippen molar-refractivity contribution in [1.29, 1.82) is 5.26 Å². The van der Waals surface area contributed by atoms with Crippen molar-refractivity contribution in [3.8, 4) is 11.8 Å². The Balaban J connectivity index is 1.54. The topological polar surface area (TPSA) is 75.0 Å². The normalized spacial score (nSPS) is 10.4. The number of carbonyl (C=O) groups is 1. The SMILES string of the molecule is Cc1ccncc1/C=C/C(=O)Nc1ccc(OCc2cccc(C#N)c2)cc1. The Morgan fingerprint density at radius 2 is 2.04 bits per heavy atom. The van der Waals surface area contributed by atoms with Crippen LogP contribution in [0.5, 0.6) is 5.75 Å². The van der Waals surface area contributed by atoms with E-state index < -0.39 is 0 Å². The van der Waals surface area contributed by atoms with Crippen LogP contribution in [-0.4, -0.2) is 10.9 Å². The molecular weight excluding hydrogens is 350 g/mol. The van der Waals surface area contributed by atoms with Gasteiger partial charge in [-0.2, -0.15) is 5.26 Å². The molecule has 0 spiro atoms. The number of nitrogens with one attached hydrogen (secondary N) is 1. The van der Waals surface area contributed by atoms with Gasteiger partial charge in [-0.25, -0.2) is 0 Å². The molecule has 0 atom stereocenters. The standard InChI is InChI=1S/C23H19N3O2/c1-17-11-12-25-15-20(17)5-10-23(27)26-21-6-8-22(9-7-21)28-16-19-4-2-3-18(13-19)14-24/h2-13,15H,16H2,1H3,(H,26,27)/b10-5+. The van der Waals surface area contributed by atoms with Crippen LogP contribution in [0.1, 0.15) is 22.3 Å². The van der Waals surface area contributed by atoms with Crippen LogP contribution >= 0.6 is 0 Å². The number of aromatic nitrogens is 1. The molecule has 3 rings (SSSR count). The highest BCUT2D eigenvalue weighted by atomic mass is 16.5. The van der Waals surface area contributed by atoms with Gasteiger partial charge in [0.05, 0.1) is 11.6 Å². The lowest BCUT2D eigenvalue weighted by Crippen LogP contribution is -2.07. The summed E-state index contributed by atoms with van der Waals surface area (Å²) >= 11 is 0. The summed E-state index contributed by atoms with van der Waals surface area (Å²) < 4.78 is 5.73. The quantitative estimate of drug-likeness (QED) is 0.650. The number of nitriles is 1. The summed E-state index contributed by atoms with van der Waals surface area (Å²) in [5.74, 6) is 0.465. The minimum Gasteiger partial charge on any atom is -0.489 e. The number of anilines is 1. The zero-order valence-electron chi connectivity index (χ0n) is 15.4. The zero-order chi connectivity index (χ0) is 19.8. The zero-order valence-corrected chi connectivity index (χ0v) is 15.4. The lowest BCUT2D eigenvalue weighted by atomic mass is 10.1. The van der Waals surface area contributed by atoms with E-state index in [1.54, 1.807) is 54.9 Å². The number of carbonyl (C=O) groups excluding carboxylic acids is 1. The number of amides is 1. The van der Waals surface area contributed by atoms with E-state index in [0.717, 1.165) is 16.7 Å². The maximum atomic E-state index is 12.1. The van der Waals surface area contributed by atoms with Gasteiger partial charge in [-0.15, -0.1) is 0 Å². The highest BCUT2D eigenvalue weighted by Gasteiger charge is 2.01. The van der Waals surface area contributed by atoms with Gasteiger partial charge in [-0.05, 0) is 72.2 Å². The van der Waals surface area contributed by atoms with Gasteiger partial charge in [0.25, 0.3) is 0 Å². The molecule has 5 nitrogen and oxygen atoms in total. The largest absolute Gasteiger partial charge is 0.489 e. The van der Waals surface area contributed by atoms with Crippen LogP contribution in [0.25, 0.3) is 6.08 Å². The molecule has 1 heterocycles. The van der Waals surface area contributed by atoms with Gasteiger partial charge >= 0.3 is 0 Å². The van der Waals surface area contributed by atoms with Gasteiger partial charge in [0.1, 0.15) is 12.4 Å². The summed E-state index contributed by atoms with van der Waals surface area (Å²) in [7, 11) is 0. The van der Waals surface area contributed by atoms with Crippen molar-refractivity contribution in [2.45, 2.75) is 13.5 Å². The van der Waals surface area contributed by atoms with E-state index in [1.165, 1.54) is 6.08 Å². The fraction of sp³-hybridized carbons (Fsp3) is 0.0870. The first kappa shape index (κ1) is 18.9. The molecule has 28 heavy (non-hydrogen) atoms. The van der Waals surface area contributed by atoms with E-state index in [1.807, 2.05) is 25.1 Å². The molecule has 0 aliphatic rings. The maximum absolute atomic E-state index is 12.1. The molecule has 138 valence electrons. The van der Waals surface area contributed by atoms with Crippen molar-refractivity contribution in [1.82, 2.24) is 4.98 Å². The van der Waals surface area contributed by atoms with Crippen molar-refractivity contribution in [2.24, 2.45) is 0 Å². The van der Waals surface area contributed by atoms with Crippen LogP contribution in [-0.2, 0) is 11.4 Å². The monoisotopic (exact) mass is 369 g/mol. The van der Waals surface area contributed by atoms with Crippen LogP contribution in [0, 0.1) is 18.3 Å². The Bertz CT molecular complexity index is 1030. The number of pyridine rings is 1. The van der Waals surface area contributed by atoms with Crippen molar-refractivity contribution >= 4 is 17.7 Å². The molecule has 0 radical (unpaired) electrons. The van der Waals surface area contributed by atoms with E-state index in [4.69, 9.17) is 10.00 Å². The molecule has 0 bridgehead atoms. The van der Waals surface area contributed by atoms with E-state index in [2.05, 4.69) is 16.4 Å². The van der Waals surface area contributed by atoms with Crippen LogP contribution in [0.3, 0.4) is 0 Å². The van der Waals surface area contributed by atoms with Crippen LogP contribution in [0.2, 0.25) is 0 Å². The van der Waals surface area contributed by atoms with Gasteiger partial charge in [-0.3, -0.25) is 9.78 Å². The number of hydrogen-bond donors (Lipinski definition) is 1. The number of hydrogen-bond acceptors (Lipinski definition) is 4. The Morgan fingerprint density at radius 3 is 2.79 bits per heavy atom. The molecule has 2 aromatic carbocycles. The molecule has 0 fully saturated rings. The van der Waals surface area contributed by atoms with E-state index in [-0.39, 0.29) is 5.91 Å². The molecule has 1 N–H and O–H groups in total. The predicted octanol–water partition coefficient (Wildman–Crippen LogP) is 4.49. The molecule has 0 saturated heterocycles. The fourth-order valence-electron chi connectivity index (χ4n) is 2.53. The van der Waals surface area contributed by atoms with Crippen molar-refractivity contribution in [3.05, 3.63) is 95.3 Å². The Labute approximate surface area is 163 Å². The number of benzene rings is 2. The lowest BCUT2D eigenvalue weighted by Gasteiger charge is -2.08. The summed E-state index contributed by atoms with van der Waals surface area (Å²) in [6, 6.07) is 18.4. The molecule has 1 aromatic heterocycles. The molecule has 0 saturated carbocycles. The average molecular weight is 369 g/mol. The van der Waals surface area contributed by atoms with Crippen LogP contribution in [0.4, 0.5) is 5.69 Å². The third kappa shape index (κ3) is 5.29. The highest BCUT2D eigenvalue weighted by molar-refractivity contribution is 6.02. The second kappa shape index (κ2) is 9.15. The first-order valence-corrected chi connectivity index (χ1v) is 8.75. The molecule has 0 unspecified atom stereocenters. The number of aryl methyl sites for hydroxylation is 1. The maximum Gasteiger partial charge on any atom is 0.248 e. The highest BCUT2D eigenvalue weighted by Crippen LogP contribution is 2.17. The summed E-state index contributed by atoms with van der Waals surface area (Å²) in [6.45, 7) is 2.34. The van der Waals surface area contributed by atoms with Crippen molar-refractivity contribution < 1.29 is 9.53 Å². The van der Waals surface area contributed by atoms with E-state index >= 15 is 0 Å². The summed E-state index contributed by atoms with van der Waals surface area (Å²) in [6.07, 6.45) is 6.66. The van der Waals surface area contributed by atoms with E-state index in [0.29, 0.717) is 23.6 Å². The molecule has 3 aromatic rings. The molecule has 1 amide bonds. The Hall–Kier alpha value is -3.91. The molecule has 0 aliphatic carbocycles. The van der Waals surface area contributed by atoms with Crippen LogP contribution in [0.15, 0.2) is 73.1 Å². The van der Waals surface area contributed by atoms with E-state index in [9.17, 15) is 4.79 Å². The third-order valence-corrected chi connectivity index (χ3v) is 4.08. The molecule has 5 heteroatoms. The van der Waals surface area contributed by atoms with Crippen LogP contribution < -0.4 is 10.1 Å². The predicted molar refractivity (Wildman–Crippen MR) is 109 cm³/mol. The minimum atomic E-state index is -0.217. The van der Waals surface area contributed by atoms with Crippen molar-refractivity contribution in [3.63, 3.8) is 0 Å². The molecule has 0 aliphatic heterocycles. The second-order valence-electron chi connectivity index (χ2n) is 6.18. The fourth-order valence-corrected chi connectivity index (χ4v) is 2.53. The van der Waals surface area contributed by atoms with Gasteiger partial charge in [0.2, 0.25) is 5.91 Å². The first-order valence-electron chi connectivity index (χ1n) is 8.75. The van der Waals surface area contributed by atoms with Gasteiger partial charge in [0.15, 0.2) is 0 Å². The van der Waals surface area contributed by atoms with Gasteiger partial charge in [-0.1, -0.05) is 12.1 Å². The summed E-state index contributed by atoms with van der Waals surface area (Å²) in [5.41, 5.74) is 4.17. The smallest absolute Gasteiger partial charge is 0.248 e. The number of nitrogens with zero attached hydrogens (tertiary/aromatic N) is 2. The lowest BCUT2D eigenvalue weighted by molar-refractivity contribution is -0.111. The Morgan fingerprint density at radius 1 is 1.21 bits per heavy atom. The third-order valence-electron chi connectivity index (χ3n) is 4.08. The minimum absolute atomic E-state index is 0.217.